The molecule has 0 aliphatic carbocycles. The van der Waals surface area contributed by atoms with E-state index in [0.717, 1.165) is 3.57 Å². The molecule has 0 amide bonds. The average molecular weight is 337 g/mol. The van der Waals surface area contributed by atoms with Gasteiger partial charge in [-0.2, -0.15) is 0 Å². The maximum absolute atomic E-state index is 10.9. The number of anilines is 1. The van der Waals surface area contributed by atoms with Crippen molar-refractivity contribution in [2.45, 2.75) is 6.10 Å². The second kappa shape index (κ2) is 6.02. The summed E-state index contributed by atoms with van der Waals surface area (Å²) >= 11 is 2.02. The Hall–Kier alpha value is -0.860. The molecule has 1 atom stereocenters. The molecule has 0 saturated heterocycles. The molecule has 16 heavy (non-hydrogen) atoms. The number of carbonyl (C=O) groups is 1. The van der Waals surface area contributed by atoms with Crippen LogP contribution in [0.1, 0.15) is 10.4 Å². The second-order valence-electron chi connectivity index (χ2n) is 3.21. The highest BCUT2D eigenvalue weighted by Crippen LogP contribution is 2.18. The number of hydrogen-bond acceptors (Lipinski definition) is 4. The summed E-state index contributed by atoms with van der Waals surface area (Å²) in [7, 11) is 0. The van der Waals surface area contributed by atoms with Crippen LogP contribution in [0.2, 0.25) is 0 Å². The number of aromatic carboxylic acids is 1. The number of hydrogen-bond donors (Lipinski definition) is 4. The number of aliphatic hydroxyl groups is 2. The number of carboxylic acids is 1. The Balaban J connectivity index is 2.82. The molecule has 5 nitrogen and oxygen atoms in total. The Kier molecular flexibility index (Phi) is 4.97. The lowest BCUT2D eigenvalue weighted by molar-refractivity contribution is 0.0697. The van der Waals surface area contributed by atoms with Crippen molar-refractivity contribution in [2.75, 3.05) is 18.5 Å². The van der Waals surface area contributed by atoms with Gasteiger partial charge in [0.25, 0.3) is 0 Å². The first-order valence-electron chi connectivity index (χ1n) is 4.60. The lowest BCUT2D eigenvalue weighted by Gasteiger charge is -2.12. The molecule has 88 valence electrons. The van der Waals surface area contributed by atoms with E-state index < -0.39 is 12.1 Å². The quantitative estimate of drug-likeness (QED) is 0.596. The lowest BCUT2D eigenvalue weighted by Crippen LogP contribution is -2.23. The van der Waals surface area contributed by atoms with E-state index in [9.17, 15) is 4.79 Å². The third-order valence-electron chi connectivity index (χ3n) is 1.95. The van der Waals surface area contributed by atoms with Crippen LogP contribution in [0.25, 0.3) is 0 Å². The van der Waals surface area contributed by atoms with Crippen molar-refractivity contribution in [3.63, 3.8) is 0 Å². The molecule has 1 aromatic carbocycles. The van der Waals surface area contributed by atoms with Gasteiger partial charge in [-0.25, -0.2) is 4.79 Å². The average Bonchev–Trinajstić information content (AvgIpc) is 2.26. The molecule has 1 unspecified atom stereocenters. The van der Waals surface area contributed by atoms with Gasteiger partial charge in [-0.15, -0.1) is 0 Å². The van der Waals surface area contributed by atoms with Crippen LogP contribution in [0.5, 0.6) is 0 Å². The van der Waals surface area contributed by atoms with Crippen LogP contribution in [-0.4, -0.2) is 40.5 Å². The number of benzene rings is 1. The molecular weight excluding hydrogens is 325 g/mol. The number of aliphatic hydroxyl groups excluding tert-OH is 2. The normalized spacial score (nSPS) is 12.2. The molecule has 4 N–H and O–H groups in total. The van der Waals surface area contributed by atoms with E-state index in [1.807, 2.05) is 22.6 Å². The van der Waals surface area contributed by atoms with Gasteiger partial charge >= 0.3 is 5.97 Å². The van der Waals surface area contributed by atoms with Crippen LogP contribution >= 0.6 is 22.6 Å². The monoisotopic (exact) mass is 337 g/mol. The van der Waals surface area contributed by atoms with Gasteiger partial charge in [-0.1, -0.05) is 0 Å². The van der Waals surface area contributed by atoms with E-state index in [2.05, 4.69) is 5.32 Å². The number of rotatable bonds is 5. The van der Waals surface area contributed by atoms with Crippen molar-refractivity contribution < 1.29 is 20.1 Å². The van der Waals surface area contributed by atoms with Crippen LogP contribution in [0.4, 0.5) is 5.69 Å². The van der Waals surface area contributed by atoms with E-state index in [4.69, 9.17) is 15.3 Å². The van der Waals surface area contributed by atoms with Crippen molar-refractivity contribution in [3.05, 3.63) is 27.3 Å². The molecule has 0 saturated carbocycles. The van der Waals surface area contributed by atoms with Gasteiger partial charge in [0.05, 0.1) is 18.3 Å². The fraction of sp³-hybridized carbons (Fsp3) is 0.300. The maximum Gasteiger partial charge on any atom is 0.337 e. The summed E-state index contributed by atoms with van der Waals surface area (Å²) in [5.74, 6) is -1.03. The smallest absolute Gasteiger partial charge is 0.337 e. The predicted molar refractivity (Wildman–Crippen MR) is 67.7 cm³/mol. The number of carboxylic acid groups (broad SMARTS) is 1. The zero-order valence-corrected chi connectivity index (χ0v) is 10.5. The molecule has 0 spiro atoms. The largest absolute Gasteiger partial charge is 0.478 e. The predicted octanol–water partition coefficient (Wildman–Crippen LogP) is 0.754. The first kappa shape index (κ1) is 13.2. The van der Waals surface area contributed by atoms with E-state index in [1.54, 1.807) is 12.1 Å². The Morgan fingerprint density at radius 3 is 2.75 bits per heavy atom. The van der Waals surface area contributed by atoms with Crippen molar-refractivity contribution in [1.29, 1.82) is 0 Å². The first-order valence-corrected chi connectivity index (χ1v) is 5.68. The molecule has 0 aromatic heterocycles. The third-order valence-corrected chi connectivity index (χ3v) is 2.62. The Bertz CT molecular complexity index is 383. The Morgan fingerprint density at radius 2 is 2.19 bits per heavy atom. The first-order chi connectivity index (χ1) is 7.54. The minimum Gasteiger partial charge on any atom is -0.478 e. The second-order valence-corrected chi connectivity index (χ2v) is 4.46. The molecule has 0 heterocycles. The molecule has 0 bridgehead atoms. The topological polar surface area (TPSA) is 89.8 Å². The van der Waals surface area contributed by atoms with E-state index in [-0.39, 0.29) is 18.7 Å². The van der Waals surface area contributed by atoms with Crippen LogP contribution < -0.4 is 5.32 Å². The summed E-state index contributed by atoms with van der Waals surface area (Å²) < 4.78 is 0.822. The van der Waals surface area contributed by atoms with E-state index in [0.29, 0.717) is 5.69 Å². The fourth-order valence-corrected chi connectivity index (χ4v) is 1.63. The third kappa shape index (κ3) is 3.62. The van der Waals surface area contributed by atoms with Gasteiger partial charge in [0.2, 0.25) is 0 Å². The van der Waals surface area contributed by atoms with Crippen molar-refractivity contribution in [3.8, 4) is 0 Å². The van der Waals surface area contributed by atoms with Gasteiger partial charge in [-0.3, -0.25) is 0 Å². The number of nitrogens with one attached hydrogen (secondary N) is 1. The van der Waals surface area contributed by atoms with Crippen LogP contribution in [0.15, 0.2) is 18.2 Å². The molecule has 0 aliphatic heterocycles. The van der Waals surface area contributed by atoms with Crippen molar-refractivity contribution >= 4 is 34.2 Å². The van der Waals surface area contributed by atoms with Gasteiger partial charge < -0.3 is 20.6 Å². The lowest BCUT2D eigenvalue weighted by atomic mass is 10.2. The van der Waals surface area contributed by atoms with Gasteiger partial charge in [0, 0.05) is 15.8 Å². The molecule has 0 radical (unpaired) electrons. The Morgan fingerprint density at radius 1 is 1.50 bits per heavy atom. The highest BCUT2D eigenvalue weighted by molar-refractivity contribution is 14.1. The molecule has 0 fully saturated rings. The summed E-state index contributed by atoms with van der Waals surface area (Å²) in [5.41, 5.74) is 0.581. The summed E-state index contributed by atoms with van der Waals surface area (Å²) in [6.45, 7) is -0.253. The van der Waals surface area contributed by atoms with Crippen LogP contribution in [0.3, 0.4) is 0 Å². The zero-order chi connectivity index (χ0) is 12.1. The van der Waals surface area contributed by atoms with Crippen LogP contribution in [0, 0.1) is 3.57 Å². The fourth-order valence-electron chi connectivity index (χ4n) is 1.14. The minimum atomic E-state index is -1.03. The standard InChI is InChI=1S/C10H12INO4/c11-6-1-2-9(8(3-6)10(15)16)12-4-7(14)5-13/h1-3,7,12-14H,4-5H2,(H,15,16). The SMILES string of the molecule is O=C(O)c1cc(I)ccc1NCC(O)CO. The minimum absolute atomic E-state index is 0.109. The summed E-state index contributed by atoms with van der Waals surface area (Å²) in [6.07, 6.45) is -0.902. The van der Waals surface area contributed by atoms with Crippen molar-refractivity contribution in [2.24, 2.45) is 0 Å². The Labute approximate surface area is 106 Å². The number of halogens is 1. The van der Waals surface area contributed by atoms with E-state index in [1.165, 1.54) is 6.07 Å². The van der Waals surface area contributed by atoms with E-state index >= 15 is 0 Å². The maximum atomic E-state index is 10.9. The van der Waals surface area contributed by atoms with Gasteiger partial charge in [0.1, 0.15) is 0 Å². The highest BCUT2D eigenvalue weighted by Gasteiger charge is 2.11. The highest BCUT2D eigenvalue weighted by atomic mass is 127. The molecule has 6 heteroatoms. The van der Waals surface area contributed by atoms with Gasteiger partial charge in [0.15, 0.2) is 0 Å². The van der Waals surface area contributed by atoms with Gasteiger partial charge in [-0.05, 0) is 40.8 Å². The molecular formula is C10H12INO4. The molecule has 0 aliphatic rings. The summed E-state index contributed by atoms with van der Waals surface area (Å²) in [4.78, 5) is 10.9. The molecule has 1 aromatic rings. The molecule has 1 rings (SSSR count). The van der Waals surface area contributed by atoms with Crippen LogP contribution in [-0.2, 0) is 0 Å². The summed E-state index contributed by atoms with van der Waals surface area (Å²) in [5, 5.41) is 29.5. The summed E-state index contributed by atoms with van der Waals surface area (Å²) in [6, 6.07) is 4.94. The van der Waals surface area contributed by atoms with Crippen molar-refractivity contribution in [1.82, 2.24) is 0 Å². The zero-order valence-electron chi connectivity index (χ0n) is 8.35.